The zero-order valence-electron chi connectivity index (χ0n) is 13.3. The summed E-state index contributed by atoms with van der Waals surface area (Å²) < 4.78 is 1.53. The SMILES string of the molecule is CC1CCNCC1NC(=O)c1cnn(-c2ccc([N+](=O)[O-])cc2)c1. The van der Waals surface area contributed by atoms with Crippen molar-refractivity contribution in [3.63, 3.8) is 0 Å². The van der Waals surface area contributed by atoms with Crippen LogP contribution < -0.4 is 10.6 Å². The molecule has 0 saturated carbocycles. The van der Waals surface area contributed by atoms with E-state index in [9.17, 15) is 14.9 Å². The Kier molecular flexibility index (Phi) is 4.57. The lowest BCUT2D eigenvalue weighted by atomic mass is 9.94. The van der Waals surface area contributed by atoms with Gasteiger partial charge in [0.25, 0.3) is 11.6 Å². The molecule has 1 amide bonds. The minimum absolute atomic E-state index is 0.0164. The second kappa shape index (κ2) is 6.79. The van der Waals surface area contributed by atoms with Gasteiger partial charge in [0.2, 0.25) is 0 Å². The van der Waals surface area contributed by atoms with Crippen molar-refractivity contribution in [1.82, 2.24) is 20.4 Å². The second-order valence-corrected chi connectivity index (χ2v) is 6.00. The average molecular weight is 329 g/mol. The van der Waals surface area contributed by atoms with Crippen molar-refractivity contribution < 1.29 is 9.72 Å². The molecule has 2 N–H and O–H groups in total. The molecule has 8 nitrogen and oxygen atoms in total. The summed E-state index contributed by atoms with van der Waals surface area (Å²) in [6.07, 6.45) is 4.15. The van der Waals surface area contributed by atoms with Crippen molar-refractivity contribution >= 4 is 11.6 Å². The highest BCUT2D eigenvalue weighted by atomic mass is 16.6. The summed E-state index contributed by atoms with van der Waals surface area (Å²) in [5.41, 5.74) is 1.14. The zero-order valence-corrected chi connectivity index (χ0v) is 13.3. The number of carbonyl (C=O) groups excluding carboxylic acids is 1. The highest BCUT2D eigenvalue weighted by molar-refractivity contribution is 5.94. The maximum atomic E-state index is 12.4. The molecule has 24 heavy (non-hydrogen) atoms. The molecule has 1 aromatic heterocycles. The molecule has 1 aliphatic heterocycles. The van der Waals surface area contributed by atoms with E-state index in [1.54, 1.807) is 18.3 Å². The summed E-state index contributed by atoms with van der Waals surface area (Å²) in [5, 5.41) is 21.2. The van der Waals surface area contributed by atoms with Crippen molar-refractivity contribution in [1.29, 1.82) is 0 Å². The van der Waals surface area contributed by atoms with E-state index >= 15 is 0 Å². The van der Waals surface area contributed by atoms with Crippen LogP contribution in [0.5, 0.6) is 0 Å². The third-order valence-corrected chi connectivity index (χ3v) is 4.31. The van der Waals surface area contributed by atoms with Gasteiger partial charge in [0.1, 0.15) is 0 Å². The maximum Gasteiger partial charge on any atom is 0.269 e. The first-order valence-electron chi connectivity index (χ1n) is 7.85. The molecule has 8 heteroatoms. The Labute approximate surface area is 139 Å². The molecule has 1 fully saturated rings. The summed E-state index contributed by atoms with van der Waals surface area (Å²) in [6.45, 7) is 3.88. The molecule has 2 heterocycles. The van der Waals surface area contributed by atoms with E-state index < -0.39 is 4.92 Å². The molecular weight excluding hydrogens is 310 g/mol. The lowest BCUT2D eigenvalue weighted by Crippen LogP contribution is -2.50. The van der Waals surface area contributed by atoms with Crippen LogP contribution in [0.4, 0.5) is 5.69 Å². The predicted molar refractivity (Wildman–Crippen MR) is 88.1 cm³/mol. The van der Waals surface area contributed by atoms with Gasteiger partial charge in [0, 0.05) is 30.9 Å². The molecule has 0 spiro atoms. The first kappa shape index (κ1) is 16.1. The lowest BCUT2D eigenvalue weighted by Gasteiger charge is -2.30. The number of non-ortho nitro benzene ring substituents is 1. The monoisotopic (exact) mass is 329 g/mol. The molecule has 3 rings (SSSR count). The van der Waals surface area contributed by atoms with Crippen molar-refractivity contribution in [2.45, 2.75) is 19.4 Å². The standard InChI is InChI=1S/C16H19N5O3/c1-11-6-7-17-9-15(11)19-16(22)12-8-18-20(10-12)13-2-4-14(5-3-13)21(23)24/h2-5,8,10-11,15,17H,6-7,9H2,1H3,(H,19,22). The van der Waals surface area contributed by atoms with Gasteiger partial charge in [-0.2, -0.15) is 5.10 Å². The topological polar surface area (TPSA) is 102 Å². The van der Waals surface area contributed by atoms with Crippen LogP contribution in [0.25, 0.3) is 5.69 Å². The number of nitrogens with one attached hydrogen (secondary N) is 2. The normalized spacial score (nSPS) is 20.5. The predicted octanol–water partition coefficient (Wildman–Crippen LogP) is 1.51. The Morgan fingerprint density at radius 3 is 2.83 bits per heavy atom. The third kappa shape index (κ3) is 3.43. The Morgan fingerprint density at radius 2 is 2.17 bits per heavy atom. The number of benzene rings is 1. The van der Waals surface area contributed by atoms with Crippen molar-refractivity contribution in [3.05, 3.63) is 52.3 Å². The molecule has 126 valence electrons. The smallest absolute Gasteiger partial charge is 0.269 e. The highest BCUT2D eigenvalue weighted by Gasteiger charge is 2.23. The van der Waals surface area contributed by atoms with Gasteiger partial charge in [0.05, 0.1) is 22.4 Å². The van der Waals surface area contributed by atoms with Gasteiger partial charge in [-0.15, -0.1) is 0 Å². The van der Waals surface area contributed by atoms with Crippen molar-refractivity contribution in [3.8, 4) is 5.69 Å². The number of nitrogens with zero attached hydrogens (tertiary/aromatic N) is 3. The summed E-state index contributed by atoms with van der Waals surface area (Å²) in [7, 11) is 0. The number of rotatable bonds is 4. The van der Waals surface area contributed by atoms with Crippen LogP contribution in [0, 0.1) is 16.0 Å². The number of piperidine rings is 1. The number of aromatic nitrogens is 2. The molecule has 0 radical (unpaired) electrons. The second-order valence-electron chi connectivity index (χ2n) is 6.00. The Morgan fingerprint density at radius 1 is 1.42 bits per heavy atom. The molecule has 0 bridgehead atoms. The summed E-state index contributed by atoms with van der Waals surface area (Å²) in [4.78, 5) is 22.6. The van der Waals surface area contributed by atoms with E-state index in [1.807, 2.05) is 0 Å². The van der Waals surface area contributed by atoms with Crippen LogP contribution in [0.15, 0.2) is 36.7 Å². The first-order chi connectivity index (χ1) is 11.5. The summed E-state index contributed by atoms with van der Waals surface area (Å²) in [6, 6.07) is 6.12. The fourth-order valence-corrected chi connectivity index (χ4v) is 2.74. The molecule has 1 aliphatic rings. The van der Waals surface area contributed by atoms with E-state index in [0.717, 1.165) is 19.5 Å². The fraction of sp³-hybridized carbons (Fsp3) is 0.375. The maximum absolute atomic E-state index is 12.4. The summed E-state index contributed by atoms with van der Waals surface area (Å²) in [5.74, 6) is 0.267. The minimum atomic E-state index is -0.453. The zero-order chi connectivity index (χ0) is 17.1. The Balaban J connectivity index is 1.70. The van der Waals surface area contributed by atoms with Crippen LogP contribution in [0.3, 0.4) is 0 Å². The number of nitro benzene ring substituents is 1. The van der Waals surface area contributed by atoms with Crippen LogP contribution in [-0.4, -0.2) is 39.7 Å². The quantitative estimate of drug-likeness (QED) is 0.654. The van der Waals surface area contributed by atoms with Crippen LogP contribution >= 0.6 is 0 Å². The number of nitro groups is 1. The van der Waals surface area contributed by atoms with E-state index in [2.05, 4.69) is 22.7 Å². The summed E-state index contributed by atoms with van der Waals surface area (Å²) >= 11 is 0. The third-order valence-electron chi connectivity index (χ3n) is 4.31. The van der Waals surface area contributed by atoms with Crippen molar-refractivity contribution in [2.75, 3.05) is 13.1 Å². The molecule has 1 saturated heterocycles. The van der Waals surface area contributed by atoms with Crippen LogP contribution in [0.1, 0.15) is 23.7 Å². The minimum Gasteiger partial charge on any atom is -0.348 e. The number of hydrogen-bond acceptors (Lipinski definition) is 5. The fourth-order valence-electron chi connectivity index (χ4n) is 2.74. The highest BCUT2D eigenvalue weighted by Crippen LogP contribution is 2.16. The number of hydrogen-bond donors (Lipinski definition) is 2. The van der Waals surface area contributed by atoms with Gasteiger partial charge in [0.15, 0.2) is 0 Å². The van der Waals surface area contributed by atoms with Gasteiger partial charge < -0.3 is 10.6 Å². The van der Waals surface area contributed by atoms with E-state index in [0.29, 0.717) is 17.2 Å². The first-order valence-corrected chi connectivity index (χ1v) is 7.85. The van der Waals surface area contributed by atoms with Gasteiger partial charge in [-0.05, 0) is 31.0 Å². The van der Waals surface area contributed by atoms with Gasteiger partial charge in [-0.3, -0.25) is 14.9 Å². The lowest BCUT2D eigenvalue weighted by molar-refractivity contribution is -0.384. The number of carbonyl (C=O) groups is 1. The average Bonchev–Trinajstić information content (AvgIpc) is 3.07. The Hall–Kier alpha value is -2.74. The molecule has 2 aromatic rings. The van der Waals surface area contributed by atoms with Crippen LogP contribution in [0.2, 0.25) is 0 Å². The van der Waals surface area contributed by atoms with Gasteiger partial charge in [-0.1, -0.05) is 6.92 Å². The van der Waals surface area contributed by atoms with Gasteiger partial charge in [-0.25, -0.2) is 4.68 Å². The van der Waals surface area contributed by atoms with Gasteiger partial charge >= 0.3 is 0 Å². The molecule has 2 atom stereocenters. The molecule has 1 aromatic carbocycles. The largest absolute Gasteiger partial charge is 0.348 e. The molecule has 2 unspecified atom stereocenters. The van der Waals surface area contributed by atoms with Crippen molar-refractivity contribution in [2.24, 2.45) is 5.92 Å². The molecule has 0 aliphatic carbocycles. The molecular formula is C16H19N5O3. The Bertz CT molecular complexity index is 740. The number of amides is 1. The van der Waals surface area contributed by atoms with E-state index in [-0.39, 0.29) is 17.6 Å². The van der Waals surface area contributed by atoms with E-state index in [4.69, 9.17) is 0 Å². The van der Waals surface area contributed by atoms with E-state index in [1.165, 1.54) is 23.0 Å². The van der Waals surface area contributed by atoms with Crippen LogP contribution in [-0.2, 0) is 0 Å².